The highest BCUT2D eigenvalue weighted by atomic mass is 79.9. The first-order valence-electron chi connectivity index (χ1n) is 18.8. The number of hydrogen-bond acceptors (Lipinski definition) is 8. The number of phenolic OH excluding ortho intramolecular Hbond substituents is 1. The Morgan fingerprint density at radius 3 is 2.16 bits per heavy atom. The van der Waals surface area contributed by atoms with Gasteiger partial charge in [0.1, 0.15) is 0 Å². The number of allylic oxidation sites excluding steroid dienone is 4. The van der Waals surface area contributed by atoms with E-state index in [2.05, 4.69) is 36.8 Å². The van der Waals surface area contributed by atoms with Crippen molar-refractivity contribution in [2.24, 2.45) is 23.7 Å². The molecule has 0 bridgehead atoms. The summed E-state index contributed by atoms with van der Waals surface area (Å²) in [5.41, 5.74) is 3.13. The van der Waals surface area contributed by atoms with Crippen LogP contribution in [0.2, 0.25) is 0 Å². The molecule has 3 aliphatic carbocycles. The monoisotopic (exact) mass is 876 g/mol. The van der Waals surface area contributed by atoms with Crippen LogP contribution in [0, 0.1) is 23.7 Å². The Morgan fingerprint density at radius 1 is 0.821 bits per heavy atom. The third-order valence-electron chi connectivity index (χ3n) is 12.6. The fourth-order valence-electron chi connectivity index (χ4n) is 10.1. The number of fused-ring (bicyclic) bond motifs is 4. The number of carbonyl (C=O) groups excluding carboxylic acids is 4. The van der Waals surface area contributed by atoms with Gasteiger partial charge in [0.15, 0.2) is 23.1 Å². The van der Waals surface area contributed by atoms with Crippen LogP contribution in [0.3, 0.4) is 0 Å². The van der Waals surface area contributed by atoms with E-state index in [4.69, 9.17) is 9.47 Å². The van der Waals surface area contributed by atoms with Gasteiger partial charge in [-0.1, -0.05) is 72.3 Å². The number of nitrogens with zero attached hydrogens (tertiary/aromatic N) is 2. The van der Waals surface area contributed by atoms with Gasteiger partial charge in [0, 0.05) is 40.7 Å². The van der Waals surface area contributed by atoms with E-state index in [1.165, 1.54) is 18.1 Å². The van der Waals surface area contributed by atoms with E-state index in [9.17, 15) is 14.7 Å². The fraction of sp³-hybridized carbons (Fsp3) is 0.289. The van der Waals surface area contributed by atoms with Gasteiger partial charge in [0.2, 0.25) is 11.8 Å². The Bertz CT molecular complexity index is 2340. The molecule has 2 saturated heterocycles. The van der Waals surface area contributed by atoms with Crippen molar-refractivity contribution < 1.29 is 33.8 Å². The zero-order valence-electron chi connectivity index (χ0n) is 30.5. The molecule has 5 aliphatic rings. The molecule has 1 saturated carbocycles. The molecule has 4 aromatic rings. The molecule has 0 radical (unpaired) electrons. The van der Waals surface area contributed by atoms with E-state index < -0.39 is 35.0 Å². The maximum atomic E-state index is 15.4. The Morgan fingerprint density at radius 2 is 1.48 bits per heavy atom. The summed E-state index contributed by atoms with van der Waals surface area (Å²) in [6.45, 7) is 2.80. The van der Waals surface area contributed by atoms with Crippen LogP contribution in [0.4, 0.5) is 11.4 Å². The Balaban J connectivity index is 1.22. The number of ketones is 2. The van der Waals surface area contributed by atoms with Gasteiger partial charge in [-0.05, 0) is 104 Å². The number of Topliss-reactive ketones (excluding diaryl/α,β-unsaturated/α-hetero) is 1. The second-order valence-electron chi connectivity index (χ2n) is 15.1. The Labute approximate surface area is 341 Å². The maximum Gasteiger partial charge on any atom is 0.238 e. The molecule has 0 aromatic heterocycles. The number of phenols is 1. The van der Waals surface area contributed by atoms with Gasteiger partial charge in [-0.3, -0.25) is 24.1 Å². The normalized spacial score (nSPS) is 27.3. The Hall–Kier alpha value is -4.84. The molecule has 4 aromatic carbocycles. The standard InChI is InChI=1S/C45H38Br2N2O7/c1-55-35-23-33(39(46)40(47)42(35)52)38-29-16-17-30-37(44(54)49(43(30)53)28-14-12-27(13-15-28)48-18-20-56-21-19-48)32(29)22-34-41(51)31(25-8-4-2-5-9-25)24-36(50)45(34,38)26-10-6-3-7-11-26/h2-16,23-24,30,32,34,37-38,52H,17-22H2,1H3. The third kappa shape index (κ3) is 5.49. The largest absolute Gasteiger partial charge is 0.503 e. The van der Waals surface area contributed by atoms with Crippen LogP contribution >= 0.6 is 31.9 Å². The lowest BCUT2D eigenvalue weighted by molar-refractivity contribution is -0.135. The average Bonchev–Trinajstić information content (AvgIpc) is 3.50. The van der Waals surface area contributed by atoms with Crippen LogP contribution in [-0.2, 0) is 29.3 Å². The molecule has 6 atom stereocenters. The third-order valence-corrected chi connectivity index (χ3v) is 14.7. The predicted molar refractivity (Wildman–Crippen MR) is 219 cm³/mol. The van der Waals surface area contributed by atoms with Crippen LogP contribution in [0.25, 0.3) is 5.57 Å². The molecule has 284 valence electrons. The van der Waals surface area contributed by atoms with Gasteiger partial charge in [0.25, 0.3) is 0 Å². The number of morpholine rings is 1. The molecule has 9 rings (SSSR count). The minimum atomic E-state index is -1.43. The van der Waals surface area contributed by atoms with Gasteiger partial charge in [-0.2, -0.15) is 0 Å². The molecule has 2 heterocycles. The lowest BCUT2D eigenvalue weighted by Gasteiger charge is -2.55. The highest BCUT2D eigenvalue weighted by Crippen LogP contribution is 2.65. The number of carbonyl (C=O) groups is 4. The molecule has 11 heteroatoms. The van der Waals surface area contributed by atoms with Gasteiger partial charge in [-0.25, -0.2) is 0 Å². The second kappa shape index (κ2) is 14.3. The van der Waals surface area contributed by atoms with Crippen molar-refractivity contribution >= 4 is 72.2 Å². The van der Waals surface area contributed by atoms with E-state index in [1.807, 2.05) is 91.0 Å². The van der Waals surface area contributed by atoms with Gasteiger partial charge >= 0.3 is 0 Å². The molecule has 9 nitrogen and oxygen atoms in total. The number of hydrogen-bond donors (Lipinski definition) is 1. The molecule has 1 N–H and O–H groups in total. The van der Waals surface area contributed by atoms with Crippen molar-refractivity contribution in [3.63, 3.8) is 0 Å². The van der Waals surface area contributed by atoms with E-state index in [0.29, 0.717) is 50.1 Å². The lowest BCUT2D eigenvalue weighted by atomic mass is 9.44. The Kier molecular flexibility index (Phi) is 9.37. The number of methoxy groups -OCH3 is 1. The summed E-state index contributed by atoms with van der Waals surface area (Å²) in [6, 6.07) is 27.8. The molecule has 3 fully saturated rings. The van der Waals surface area contributed by atoms with Crippen molar-refractivity contribution in [3.05, 3.63) is 134 Å². The maximum absolute atomic E-state index is 15.4. The number of anilines is 2. The number of amides is 2. The van der Waals surface area contributed by atoms with Crippen LogP contribution in [-0.4, -0.2) is 61.9 Å². The van der Waals surface area contributed by atoms with Crippen molar-refractivity contribution in [2.45, 2.75) is 24.2 Å². The average molecular weight is 879 g/mol. The molecular weight excluding hydrogens is 840 g/mol. The molecular formula is C45H38Br2N2O7. The number of rotatable bonds is 6. The van der Waals surface area contributed by atoms with E-state index >= 15 is 9.59 Å². The minimum Gasteiger partial charge on any atom is -0.503 e. The molecule has 2 aliphatic heterocycles. The zero-order valence-corrected chi connectivity index (χ0v) is 33.7. The first-order chi connectivity index (χ1) is 27.2. The highest BCUT2D eigenvalue weighted by molar-refractivity contribution is 9.13. The molecule has 56 heavy (non-hydrogen) atoms. The quantitative estimate of drug-likeness (QED) is 0.154. The van der Waals surface area contributed by atoms with Crippen molar-refractivity contribution in [1.29, 1.82) is 0 Å². The first-order valence-corrected chi connectivity index (χ1v) is 20.4. The van der Waals surface area contributed by atoms with Gasteiger partial charge in [0.05, 0.1) is 47.7 Å². The summed E-state index contributed by atoms with van der Waals surface area (Å²) in [5, 5.41) is 11.1. The second-order valence-corrected chi connectivity index (χ2v) is 16.6. The number of halogens is 2. The summed E-state index contributed by atoms with van der Waals surface area (Å²) in [4.78, 5) is 63.4. The molecule has 2 amide bonds. The zero-order chi connectivity index (χ0) is 38.9. The van der Waals surface area contributed by atoms with Gasteiger partial charge in [-0.15, -0.1) is 0 Å². The van der Waals surface area contributed by atoms with Crippen LogP contribution in [0.15, 0.2) is 118 Å². The highest BCUT2D eigenvalue weighted by Gasteiger charge is 2.66. The summed E-state index contributed by atoms with van der Waals surface area (Å²) in [7, 11) is 1.46. The fourth-order valence-corrected chi connectivity index (χ4v) is 11.0. The summed E-state index contributed by atoms with van der Waals surface area (Å²) >= 11 is 7.31. The van der Waals surface area contributed by atoms with Crippen molar-refractivity contribution in [3.8, 4) is 11.5 Å². The molecule has 0 spiro atoms. The smallest absolute Gasteiger partial charge is 0.238 e. The van der Waals surface area contributed by atoms with Crippen molar-refractivity contribution in [1.82, 2.24) is 0 Å². The van der Waals surface area contributed by atoms with Crippen molar-refractivity contribution in [2.75, 3.05) is 43.2 Å². The minimum absolute atomic E-state index is 0.123. The number of benzene rings is 4. The summed E-state index contributed by atoms with van der Waals surface area (Å²) < 4.78 is 12.0. The number of imide groups is 1. The lowest BCUT2D eigenvalue weighted by Crippen LogP contribution is -2.59. The van der Waals surface area contributed by atoms with Crippen LogP contribution in [0.1, 0.15) is 35.4 Å². The first kappa shape index (κ1) is 36.8. The number of ether oxygens (including phenoxy) is 2. The van der Waals surface area contributed by atoms with E-state index in [1.54, 1.807) is 6.07 Å². The summed E-state index contributed by atoms with van der Waals surface area (Å²) in [5.74, 6) is -4.58. The topological polar surface area (TPSA) is 113 Å². The van der Waals surface area contributed by atoms with Gasteiger partial charge < -0.3 is 19.5 Å². The van der Waals surface area contributed by atoms with Crippen LogP contribution < -0.4 is 14.5 Å². The molecule has 6 unspecified atom stereocenters. The number of aromatic hydroxyl groups is 1. The van der Waals surface area contributed by atoms with Crippen LogP contribution in [0.5, 0.6) is 11.5 Å². The summed E-state index contributed by atoms with van der Waals surface area (Å²) in [6.07, 6.45) is 4.00. The van der Waals surface area contributed by atoms with E-state index in [-0.39, 0.29) is 47.7 Å². The SMILES string of the molecule is COc1cc(C2C3=CCC4C(=O)N(c5ccc(N6CCOCC6)cc5)C(=O)C4C3CC3C(=O)C(c4ccccc4)=CC(=O)C32c2ccccc2)c(Br)c(Br)c1O. The predicted octanol–water partition coefficient (Wildman–Crippen LogP) is 7.79. The van der Waals surface area contributed by atoms with E-state index in [0.717, 1.165) is 24.4 Å².